The van der Waals surface area contributed by atoms with Gasteiger partial charge in [-0.05, 0) is 26.7 Å². The number of nitrogens with zero attached hydrogens (tertiary/aromatic N) is 4. The van der Waals surface area contributed by atoms with Crippen molar-refractivity contribution in [3.8, 4) is 11.3 Å². The zero-order chi connectivity index (χ0) is 19.0. The highest BCUT2D eigenvalue weighted by Gasteiger charge is 2.32. The molecule has 7 heteroatoms. The van der Waals surface area contributed by atoms with Crippen LogP contribution in [-0.2, 0) is 30.5 Å². The quantitative estimate of drug-likeness (QED) is 0.645. The average molecular weight is 366 g/mol. The summed E-state index contributed by atoms with van der Waals surface area (Å²) in [5, 5.41) is 4.89. The van der Waals surface area contributed by atoms with Crippen LogP contribution >= 0.6 is 0 Å². The molecule has 4 rings (SSSR count). The second-order valence-electron chi connectivity index (χ2n) is 6.61. The van der Waals surface area contributed by atoms with E-state index in [1.807, 2.05) is 11.6 Å². The van der Waals surface area contributed by atoms with Gasteiger partial charge in [-0.3, -0.25) is 4.68 Å². The molecule has 1 aliphatic carbocycles. The molecule has 0 atom stereocenters. The first kappa shape index (κ1) is 17.5. The number of carbonyl (C=O) groups excluding carboxylic acids is 1. The number of ether oxygens (including phenoxy) is 1. The lowest BCUT2D eigenvalue weighted by atomic mass is 9.91. The van der Waals surface area contributed by atoms with Crippen LogP contribution in [0.25, 0.3) is 11.3 Å². The van der Waals surface area contributed by atoms with Crippen LogP contribution in [0.4, 0.5) is 0 Å². The third-order valence-electron chi connectivity index (χ3n) is 4.97. The van der Waals surface area contributed by atoms with E-state index in [2.05, 4.69) is 16.9 Å². The second-order valence-corrected chi connectivity index (χ2v) is 6.61. The maximum Gasteiger partial charge on any atom is 0.374 e. The van der Waals surface area contributed by atoms with Gasteiger partial charge in [-0.1, -0.05) is 6.92 Å². The summed E-state index contributed by atoms with van der Waals surface area (Å²) in [6.07, 6.45) is 7.63. The van der Waals surface area contributed by atoms with E-state index in [1.54, 1.807) is 19.3 Å². The van der Waals surface area contributed by atoms with Crippen molar-refractivity contribution in [1.29, 1.82) is 0 Å². The SMILES string of the molecule is CCOC(=O)c1oc2c(c1C)-c1nn(Cc3cncnc3)c(CC)c1CC2. The van der Waals surface area contributed by atoms with Crippen LogP contribution in [0.2, 0.25) is 0 Å². The molecule has 0 saturated carbocycles. The Hall–Kier alpha value is -2.96. The first-order chi connectivity index (χ1) is 13.1. The van der Waals surface area contributed by atoms with Crippen molar-refractivity contribution in [2.24, 2.45) is 0 Å². The highest BCUT2D eigenvalue weighted by molar-refractivity contribution is 5.91. The van der Waals surface area contributed by atoms with Gasteiger partial charge in [0.15, 0.2) is 0 Å². The molecule has 3 heterocycles. The predicted molar refractivity (Wildman–Crippen MR) is 98.5 cm³/mol. The molecule has 0 saturated heterocycles. The van der Waals surface area contributed by atoms with E-state index in [0.717, 1.165) is 47.4 Å². The summed E-state index contributed by atoms with van der Waals surface area (Å²) < 4.78 is 13.0. The number of furan rings is 1. The minimum atomic E-state index is -0.414. The molecule has 0 fully saturated rings. The van der Waals surface area contributed by atoms with Gasteiger partial charge in [-0.2, -0.15) is 5.10 Å². The number of carbonyl (C=O) groups is 1. The highest BCUT2D eigenvalue weighted by atomic mass is 16.5. The fourth-order valence-corrected chi connectivity index (χ4v) is 3.80. The first-order valence-electron chi connectivity index (χ1n) is 9.26. The van der Waals surface area contributed by atoms with Gasteiger partial charge < -0.3 is 9.15 Å². The molecule has 0 N–H and O–H groups in total. The fraction of sp³-hybridized carbons (Fsp3) is 0.400. The number of hydrogen-bond donors (Lipinski definition) is 0. The Balaban J connectivity index is 1.79. The Kier molecular flexibility index (Phi) is 4.51. The van der Waals surface area contributed by atoms with Crippen LogP contribution in [-0.4, -0.2) is 32.3 Å². The smallest absolute Gasteiger partial charge is 0.374 e. The van der Waals surface area contributed by atoms with Crippen molar-refractivity contribution in [3.05, 3.63) is 52.6 Å². The molecule has 0 unspecified atom stereocenters. The standard InChI is InChI=1S/C20H22N4O3/c1-4-15-14-6-7-16-17(12(3)19(27-16)20(25)26-5-2)18(14)23-24(15)10-13-8-21-11-22-9-13/h8-9,11H,4-7,10H2,1-3H3. The second kappa shape index (κ2) is 6.98. The highest BCUT2D eigenvalue weighted by Crippen LogP contribution is 2.40. The average Bonchev–Trinajstić information content (AvgIpc) is 3.19. The summed E-state index contributed by atoms with van der Waals surface area (Å²) in [5.41, 5.74) is 6.11. The third kappa shape index (κ3) is 2.93. The molecular weight excluding hydrogens is 344 g/mol. The normalized spacial score (nSPS) is 12.6. The predicted octanol–water partition coefficient (Wildman–Crippen LogP) is 3.13. The van der Waals surface area contributed by atoms with E-state index in [-0.39, 0.29) is 0 Å². The zero-order valence-electron chi connectivity index (χ0n) is 15.8. The molecule has 1 aliphatic rings. The van der Waals surface area contributed by atoms with Crippen LogP contribution in [0, 0.1) is 6.92 Å². The van der Waals surface area contributed by atoms with Crippen LogP contribution in [0.1, 0.15) is 52.5 Å². The first-order valence-corrected chi connectivity index (χ1v) is 9.26. The maximum atomic E-state index is 12.2. The summed E-state index contributed by atoms with van der Waals surface area (Å²) in [5.74, 6) is 0.694. The molecule has 3 aromatic heterocycles. The van der Waals surface area contributed by atoms with Gasteiger partial charge in [0.1, 0.15) is 12.1 Å². The van der Waals surface area contributed by atoms with E-state index in [0.29, 0.717) is 18.9 Å². The van der Waals surface area contributed by atoms with Crippen molar-refractivity contribution < 1.29 is 13.9 Å². The van der Waals surface area contributed by atoms with E-state index in [1.165, 1.54) is 17.6 Å². The van der Waals surface area contributed by atoms with E-state index in [9.17, 15) is 4.79 Å². The van der Waals surface area contributed by atoms with Gasteiger partial charge in [-0.15, -0.1) is 0 Å². The largest absolute Gasteiger partial charge is 0.460 e. The van der Waals surface area contributed by atoms with Gasteiger partial charge in [0, 0.05) is 46.8 Å². The van der Waals surface area contributed by atoms with Gasteiger partial charge in [-0.25, -0.2) is 14.8 Å². The van der Waals surface area contributed by atoms with Gasteiger partial charge >= 0.3 is 5.97 Å². The van der Waals surface area contributed by atoms with Crippen molar-refractivity contribution in [3.63, 3.8) is 0 Å². The monoisotopic (exact) mass is 366 g/mol. The molecule has 0 spiro atoms. The topological polar surface area (TPSA) is 83.0 Å². The number of fused-ring (bicyclic) bond motifs is 3. The number of aryl methyl sites for hydroxylation is 1. The summed E-state index contributed by atoms with van der Waals surface area (Å²) >= 11 is 0. The Bertz CT molecular complexity index is 989. The summed E-state index contributed by atoms with van der Waals surface area (Å²) in [6, 6.07) is 0. The molecule has 3 aromatic rings. The molecular formula is C20H22N4O3. The minimum absolute atomic E-state index is 0.291. The van der Waals surface area contributed by atoms with Crippen LogP contribution in [0.3, 0.4) is 0 Å². The molecule has 0 bridgehead atoms. The lowest BCUT2D eigenvalue weighted by Gasteiger charge is -2.11. The van der Waals surface area contributed by atoms with E-state index in [4.69, 9.17) is 14.3 Å². The minimum Gasteiger partial charge on any atom is -0.460 e. The van der Waals surface area contributed by atoms with Crippen molar-refractivity contribution in [2.75, 3.05) is 6.61 Å². The van der Waals surface area contributed by atoms with Crippen molar-refractivity contribution >= 4 is 5.97 Å². The van der Waals surface area contributed by atoms with Crippen molar-refractivity contribution in [2.45, 2.75) is 46.6 Å². The zero-order valence-corrected chi connectivity index (χ0v) is 15.8. The molecule has 0 amide bonds. The van der Waals surface area contributed by atoms with Crippen LogP contribution < -0.4 is 0 Å². The summed E-state index contributed by atoms with van der Waals surface area (Å²) in [7, 11) is 0. The fourth-order valence-electron chi connectivity index (χ4n) is 3.80. The molecule has 0 radical (unpaired) electrons. The molecule has 0 aromatic carbocycles. The van der Waals surface area contributed by atoms with E-state index < -0.39 is 5.97 Å². The summed E-state index contributed by atoms with van der Waals surface area (Å²) in [4.78, 5) is 20.4. The van der Waals surface area contributed by atoms with Crippen molar-refractivity contribution in [1.82, 2.24) is 19.7 Å². The van der Waals surface area contributed by atoms with Crippen LogP contribution in [0.15, 0.2) is 23.1 Å². The molecule has 140 valence electrons. The Morgan fingerprint density at radius 2 is 2.04 bits per heavy atom. The van der Waals surface area contributed by atoms with Gasteiger partial charge in [0.05, 0.1) is 18.8 Å². The number of hydrogen-bond acceptors (Lipinski definition) is 6. The number of aromatic nitrogens is 4. The third-order valence-corrected chi connectivity index (χ3v) is 4.97. The lowest BCUT2D eigenvalue weighted by molar-refractivity contribution is 0.0487. The molecule has 27 heavy (non-hydrogen) atoms. The Labute approximate surface area is 157 Å². The molecule has 7 nitrogen and oxygen atoms in total. The summed E-state index contributed by atoms with van der Waals surface area (Å²) in [6.45, 7) is 6.77. The Morgan fingerprint density at radius 1 is 1.26 bits per heavy atom. The van der Waals surface area contributed by atoms with Crippen LogP contribution in [0.5, 0.6) is 0 Å². The maximum absolute atomic E-state index is 12.2. The number of rotatable bonds is 5. The molecule has 0 aliphatic heterocycles. The van der Waals surface area contributed by atoms with E-state index >= 15 is 0 Å². The van der Waals surface area contributed by atoms with Gasteiger partial charge in [0.25, 0.3) is 0 Å². The lowest BCUT2D eigenvalue weighted by Crippen LogP contribution is -2.07. The van der Waals surface area contributed by atoms with Gasteiger partial charge in [0.2, 0.25) is 5.76 Å². The Morgan fingerprint density at radius 3 is 2.74 bits per heavy atom. The number of esters is 1.